The first kappa shape index (κ1) is 10.6. The molecule has 1 atom stereocenters. The van der Waals surface area contributed by atoms with Crippen molar-refractivity contribution in [2.24, 2.45) is 5.41 Å². The van der Waals surface area contributed by atoms with Gasteiger partial charge >= 0.3 is 0 Å². The van der Waals surface area contributed by atoms with Gasteiger partial charge in [-0.05, 0) is 30.4 Å². The summed E-state index contributed by atoms with van der Waals surface area (Å²) in [5.74, 6) is 0.955. The Kier molecular flexibility index (Phi) is 2.35. The van der Waals surface area contributed by atoms with Crippen molar-refractivity contribution in [3.63, 3.8) is 0 Å². The second-order valence-corrected chi connectivity index (χ2v) is 5.57. The first-order valence-corrected chi connectivity index (χ1v) is 6.25. The third-order valence-corrected chi connectivity index (χ3v) is 3.95. The molecular weight excluding hydrogens is 212 g/mol. The van der Waals surface area contributed by atoms with E-state index < -0.39 is 0 Å². The Morgan fingerprint density at radius 1 is 1.41 bits per heavy atom. The first-order valence-electron chi connectivity index (χ1n) is 6.25. The van der Waals surface area contributed by atoms with Crippen LogP contribution in [0.25, 0.3) is 11.0 Å². The number of rotatable bonds is 2. The van der Waals surface area contributed by atoms with E-state index in [9.17, 15) is 0 Å². The summed E-state index contributed by atoms with van der Waals surface area (Å²) in [5, 5.41) is 4.67. The van der Waals surface area contributed by atoms with Crippen LogP contribution in [0.3, 0.4) is 0 Å². The number of aromatic nitrogens is 1. The predicted molar refractivity (Wildman–Crippen MR) is 69.1 cm³/mol. The molecular formula is C14H18N2O. The molecule has 2 aromatic heterocycles. The first-order chi connectivity index (χ1) is 8.17. The lowest BCUT2D eigenvalue weighted by Gasteiger charge is -2.28. The standard InChI is InChI=1S/C14H18N2O/c1-14(2)7-3-4-12(14)16-13-10-6-9-17-11(10)5-8-15-13/h5-6,8-9,12H,3-4,7H2,1-2H3,(H,15,16). The fraction of sp³-hybridized carbons (Fsp3) is 0.500. The van der Waals surface area contributed by atoms with E-state index in [-0.39, 0.29) is 0 Å². The van der Waals surface area contributed by atoms with Gasteiger partial charge in [0.05, 0.1) is 11.6 Å². The summed E-state index contributed by atoms with van der Waals surface area (Å²) < 4.78 is 5.39. The lowest BCUT2D eigenvalue weighted by molar-refractivity contribution is 0.349. The monoisotopic (exact) mass is 230 g/mol. The van der Waals surface area contributed by atoms with Crippen molar-refractivity contribution in [3.8, 4) is 0 Å². The third kappa shape index (κ3) is 1.79. The van der Waals surface area contributed by atoms with E-state index >= 15 is 0 Å². The summed E-state index contributed by atoms with van der Waals surface area (Å²) in [6.45, 7) is 4.65. The third-order valence-electron chi connectivity index (χ3n) is 3.95. The topological polar surface area (TPSA) is 38.1 Å². The highest BCUT2D eigenvalue weighted by atomic mass is 16.3. The molecule has 1 unspecified atom stereocenters. The average Bonchev–Trinajstić information content (AvgIpc) is 2.86. The van der Waals surface area contributed by atoms with Crippen LogP contribution in [0, 0.1) is 5.41 Å². The molecule has 1 fully saturated rings. The van der Waals surface area contributed by atoms with Crippen LogP contribution in [-0.2, 0) is 0 Å². The number of pyridine rings is 1. The van der Waals surface area contributed by atoms with Gasteiger partial charge in [0.2, 0.25) is 0 Å². The lowest BCUT2D eigenvalue weighted by atomic mass is 9.87. The van der Waals surface area contributed by atoms with E-state index in [0.29, 0.717) is 11.5 Å². The fourth-order valence-corrected chi connectivity index (χ4v) is 2.77. The molecule has 3 rings (SSSR count). The number of anilines is 1. The van der Waals surface area contributed by atoms with Gasteiger partial charge in [-0.2, -0.15) is 0 Å². The zero-order chi connectivity index (χ0) is 11.9. The van der Waals surface area contributed by atoms with Gasteiger partial charge in [-0.25, -0.2) is 4.98 Å². The zero-order valence-electron chi connectivity index (χ0n) is 10.4. The van der Waals surface area contributed by atoms with Gasteiger partial charge in [-0.1, -0.05) is 20.3 Å². The van der Waals surface area contributed by atoms with Crippen molar-refractivity contribution in [1.82, 2.24) is 4.98 Å². The molecule has 3 heteroatoms. The summed E-state index contributed by atoms with van der Waals surface area (Å²) in [6.07, 6.45) is 7.33. The highest BCUT2D eigenvalue weighted by Gasteiger charge is 2.34. The van der Waals surface area contributed by atoms with E-state index in [0.717, 1.165) is 16.8 Å². The molecule has 1 aliphatic carbocycles. The smallest absolute Gasteiger partial charge is 0.139 e. The van der Waals surface area contributed by atoms with Crippen molar-refractivity contribution in [2.45, 2.75) is 39.2 Å². The molecule has 2 aromatic rings. The highest BCUT2D eigenvalue weighted by Crippen LogP contribution is 2.39. The van der Waals surface area contributed by atoms with Gasteiger partial charge in [0.15, 0.2) is 0 Å². The second-order valence-electron chi connectivity index (χ2n) is 5.57. The molecule has 0 bridgehead atoms. The number of hydrogen-bond acceptors (Lipinski definition) is 3. The fourth-order valence-electron chi connectivity index (χ4n) is 2.77. The van der Waals surface area contributed by atoms with Gasteiger partial charge in [0.25, 0.3) is 0 Å². The van der Waals surface area contributed by atoms with Gasteiger partial charge in [0, 0.05) is 12.2 Å². The quantitative estimate of drug-likeness (QED) is 0.852. The Hall–Kier alpha value is -1.51. The van der Waals surface area contributed by atoms with E-state index in [1.165, 1.54) is 19.3 Å². The maximum Gasteiger partial charge on any atom is 0.139 e. The lowest BCUT2D eigenvalue weighted by Crippen LogP contribution is -2.31. The van der Waals surface area contributed by atoms with Gasteiger partial charge < -0.3 is 9.73 Å². The molecule has 1 N–H and O–H groups in total. The van der Waals surface area contributed by atoms with E-state index in [1.54, 1.807) is 12.5 Å². The van der Waals surface area contributed by atoms with Crippen molar-refractivity contribution >= 4 is 16.8 Å². The summed E-state index contributed by atoms with van der Waals surface area (Å²) in [6, 6.07) is 4.39. The van der Waals surface area contributed by atoms with Gasteiger partial charge in [-0.15, -0.1) is 0 Å². The maximum atomic E-state index is 5.39. The molecule has 2 heterocycles. The molecule has 0 spiro atoms. The number of furan rings is 1. The van der Waals surface area contributed by atoms with Crippen molar-refractivity contribution in [3.05, 3.63) is 24.6 Å². The summed E-state index contributed by atoms with van der Waals surface area (Å²) in [7, 11) is 0. The van der Waals surface area contributed by atoms with Crippen LogP contribution >= 0.6 is 0 Å². The van der Waals surface area contributed by atoms with Crippen LogP contribution in [0.1, 0.15) is 33.1 Å². The van der Waals surface area contributed by atoms with E-state index in [2.05, 4.69) is 24.1 Å². The SMILES string of the molecule is CC1(C)CCCC1Nc1nccc2occc12. The summed E-state index contributed by atoms with van der Waals surface area (Å²) in [4.78, 5) is 4.44. The Balaban J connectivity index is 1.92. The minimum atomic E-state index is 0.355. The van der Waals surface area contributed by atoms with Crippen molar-refractivity contribution in [1.29, 1.82) is 0 Å². The van der Waals surface area contributed by atoms with E-state index in [1.807, 2.05) is 12.1 Å². The van der Waals surface area contributed by atoms with Crippen LogP contribution in [-0.4, -0.2) is 11.0 Å². The van der Waals surface area contributed by atoms with Crippen LogP contribution in [0.15, 0.2) is 29.0 Å². The molecule has 17 heavy (non-hydrogen) atoms. The van der Waals surface area contributed by atoms with Crippen LogP contribution in [0.5, 0.6) is 0 Å². The predicted octanol–water partition coefficient (Wildman–Crippen LogP) is 3.82. The van der Waals surface area contributed by atoms with Gasteiger partial charge in [-0.3, -0.25) is 0 Å². The molecule has 0 saturated heterocycles. The molecule has 90 valence electrons. The van der Waals surface area contributed by atoms with Crippen LogP contribution < -0.4 is 5.32 Å². The number of nitrogens with one attached hydrogen (secondary N) is 1. The van der Waals surface area contributed by atoms with Crippen LogP contribution in [0.4, 0.5) is 5.82 Å². The molecule has 1 aliphatic rings. The number of hydrogen-bond donors (Lipinski definition) is 1. The molecule has 0 aromatic carbocycles. The molecule has 0 radical (unpaired) electrons. The Morgan fingerprint density at radius 2 is 2.29 bits per heavy atom. The van der Waals surface area contributed by atoms with Crippen molar-refractivity contribution < 1.29 is 4.42 Å². The Labute approximate surface area is 101 Å². The largest absolute Gasteiger partial charge is 0.464 e. The average molecular weight is 230 g/mol. The normalized spacial score (nSPS) is 23.1. The molecule has 1 saturated carbocycles. The summed E-state index contributed by atoms with van der Waals surface area (Å²) >= 11 is 0. The minimum Gasteiger partial charge on any atom is -0.464 e. The van der Waals surface area contributed by atoms with Crippen molar-refractivity contribution in [2.75, 3.05) is 5.32 Å². The number of nitrogens with zero attached hydrogens (tertiary/aromatic N) is 1. The van der Waals surface area contributed by atoms with Crippen LogP contribution in [0.2, 0.25) is 0 Å². The maximum absolute atomic E-state index is 5.39. The van der Waals surface area contributed by atoms with Gasteiger partial charge in [0.1, 0.15) is 11.4 Å². The number of fused-ring (bicyclic) bond motifs is 1. The highest BCUT2D eigenvalue weighted by molar-refractivity contribution is 5.87. The minimum absolute atomic E-state index is 0.355. The second kappa shape index (κ2) is 3.76. The van der Waals surface area contributed by atoms with E-state index in [4.69, 9.17) is 4.42 Å². The molecule has 0 amide bonds. The Bertz CT molecular complexity index is 530. The summed E-state index contributed by atoms with van der Waals surface area (Å²) in [5.41, 5.74) is 1.26. The molecule has 3 nitrogen and oxygen atoms in total. The molecule has 0 aliphatic heterocycles. The Morgan fingerprint density at radius 3 is 3.06 bits per heavy atom. The zero-order valence-corrected chi connectivity index (χ0v) is 10.4.